The smallest absolute Gasteiger partial charge is 0.317 e. The van der Waals surface area contributed by atoms with Crippen LogP contribution in [0.2, 0.25) is 0 Å². The molecule has 4 aromatic rings. The Morgan fingerprint density at radius 1 is 0.886 bits per heavy atom. The van der Waals surface area contributed by atoms with Gasteiger partial charge in [0.2, 0.25) is 0 Å². The lowest BCUT2D eigenvalue weighted by atomic mass is 10.1. The van der Waals surface area contributed by atoms with E-state index in [2.05, 4.69) is 71.1 Å². The van der Waals surface area contributed by atoms with Crippen molar-refractivity contribution in [2.75, 3.05) is 26.2 Å². The van der Waals surface area contributed by atoms with Crippen LogP contribution >= 0.6 is 0 Å². The summed E-state index contributed by atoms with van der Waals surface area (Å²) in [6.45, 7) is 10.1. The van der Waals surface area contributed by atoms with Gasteiger partial charge in [0.15, 0.2) is 11.2 Å². The number of hydrogen-bond acceptors (Lipinski definition) is 5. The van der Waals surface area contributed by atoms with E-state index < -0.39 is 5.69 Å². The molecule has 1 fully saturated rings. The van der Waals surface area contributed by atoms with Gasteiger partial charge < -0.3 is 4.57 Å². The minimum atomic E-state index is -0.444. The van der Waals surface area contributed by atoms with Crippen LogP contribution < -0.4 is 11.2 Å². The third-order valence-electron chi connectivity index (χ3n) is 7.00. The summed E-state index contributed by atoms with van der Waals surface area (Å²) in [4.78, 5) is 37.3. The predicted molar refractivity (Wildman–Crippen MR) is 138 cm³/mol. The third kappa shape index (κ3) is 4.85. The molecule has 1 saturated heterocycles. The number of imidazole rings is 1. The first kappa shape index (κ1) is 23.3. The number of hydrogen-bond donors (Lipinski definition) is 1. The second kappa shape index (κ2) is 9.64. The standard InChI is InChI=1S/C27H32N6O2/c1-19-9-10-20(2)22(15-19)17-33-23(28-25-24(33)26(34)29-27(35)30(25)3)18-32-13-11-31(12-14-32)16-21-7-5-4-6-8-21/h4-10,15H,11-14,16-18H2,1-3H3,(H,29,34,35). The van der Waals surface area contributed by atoms with E-state index in [0.717, 1.165) is 44.1 Å². The lowest BCUT2D eigenvalue weighted by Crippen LogP contribution is -2.45. The zero-order valence-corrected chi connectivity index (χ0v) is 20.6. The molecular weight excluding hydrogens is 440 g/mol. The van der Waals surface area contributed by atoms with Gasteiger partial charge in [-0.1, -0.05) is 54.1 Å². The Labute approximate surface area is 204 Å². The third-order valence-corrected chi connectivity index (χ3v) is 7.00. The van der Waals surface area contributed by atoms with E-state index in [0.29, 0.717) is 24.3 Å². The van der Waals surface area contributed by atoms with Crippen LogP contribution in [0.4, 0.5) is 0 Å². The Bertz CT molecular complexity index is 1460. The monoisotopic (exact) mass is 472 g/mol. The minimum Gasteiger partial charge on any atom is -0.317 e. The maximum absolute atomic E-state index is 12.9. The van der Waals surface area contributed by atoms with Crippen LogP contribution in [-0.4, -0.2) is 55.1 Å². The predicted octanol–water partition coefficient (Wildman–Crippen LogP) is 2.41. The average Bonchev–Trinajstić information content (AvgIpc) is 3.20. The van der Waals surface area contributed by atoms with Crippen LogP contribution in [0.3, 0.4) is 0 Å². The highest BCUT2D eigenvalue weighted by molar-refractivity contribution is 5.71. The summed E-state index contributed by atoms with van der Waals surface area (Å²) in [5.74, 6) is 0.809. The number of nitrogens with zero attached hydrogens (tertiary/aromatic N) is 5. The van der Waals surface area contributed by atoms with Crippen LogP contribution in [0.5, 0.6) is 0 Å². The molecule has 2 aromatic carbocycles. The minimum absolute atomic E-state index is 0.389. The first-order valence-electron chi connectivity index (χ1n) is 12.1. The van der Waals surface area contributed by atoms with Gasteiger partial charge >= 0.3 is 5.69 Å². The number of aromatic amines is 1. The molecule has 1 aliphatic rings. The quantitative estimate of drug-likeness (QED) is 0.466. The Morgan fingerprint density at radius 2 is 1.57 bits per heavy atom. The molecule has 8 heteroatoms. The molecular formula is C27H32N6O2. The second-order valence-electron chi connectivity index (χ2n) is 9.57. The average molecular weight is 473 g/mol. The largest absolute Gasteiger partial charge is 0.329 e. The molecule has 35 heavy (non-hydrogen) atoms. The Morgan fingerprint density at radius 3 is 2.29 bits per heavy atom. The maximum Gasteiger partial charge on any atom is 0.329 e. The highest BCUT2D eigenvalue weighted by Crippen LogP contribution is 2.19. The summed E-state index contributed by atoms with van der Waals surface area (Å²) in [6.07, 6.45) is 0. The molecule has 2 aromatic heterocycles. The molecule has 3 heterocycles. The lowest BCUT2D eigenvalue weighted by molar-refractivity contribution is 0.119. The van der Waals surface area contributed by atoms with Crippen molar-refractivity contribution in [2.24, 2.45) is 7.05 Å². The van der Waals surface area contributed by atoms with Crippen molar-refractivity contribution in [1.82, 2.24) is 28.9 Å². The molecule has 0 bridgehead atoms. The van der Waals surface area contributed by atoms with Crippen molar-refractivity contribution in [2.45, 2.75) is 33.5 Å². The van der Waals surface area contributed by atoms with Crippen LogP contribution in [0.15, 0.2) is 58.1 Å². The molecule has 0 radical (unpaired) electrons. The van der Waals surface area contributed by atoms with E-state index in [1.54, 1.807) is 7.05 Å². The van der Waals surface area contributed by atoms with Gasteiger partial charge in [0.1, 0.15) is 5.82 Å². The molecule has 0 saturated carbocycles. The second-order valence-corrected chi connectivity index (χ2v) is 9.57. The Hall–Kier alpha value is -3.49. The van der Waals surface area contributed by atoms with Gasteiger partial charge in [-0.3, -0.25) is 24.1 Å². The number of aromatic nitrogens is 4. The van der Waals surface area contributed by atoms with Gasteiger partial charge in [-0.25, -0.2) is 9.78 Å². The van der Waals surface area contributed by atoms with Crippen LogP contribution in [0, 0.1) is 13.8 Å². The first-order valence-corrected chi connectivity index (χ1v) is 12.1. The molecule has 5 rings (SSSR count). The van der Waals surface area contributed by atoms with Gasteiger partial charge in [-0.05, 0) is 30.5 Å². The number of nitrogens with one attached hydrogen (secondary N) is 1. The number of aryl methyl sites for hydroxylation is 3. The first-order chi connectivity index (χ1) is 16.9. The van der Waals surface area contributed by atoms with E-state index in [1.807, 2.05) is 10.6 Å². The number of H-pyrrole nitrogens is 1. The number of fused-ring (bicyclic) bond motifs is 1. The van der Waals surface area contributed by atoms with Crippen molar-refractivity contribution in [3.63, 3.8) is 0 Å². The van der Waals surface area contributed by atoms with Crippen LogP contribution in [-0.2, 0) is 26.7 Å². The summed E-state index contributed by atoms with van der Waals surface area (Å²) >= 11 is 0. The molecule has 1 aliphatic heterocycles. The molecule has 0 amide bonds. The zero-order valence-electron chi connectivity index (χ0n) is 20.6. The summed E-state index contributed by atoms with van der Waals surface area (Å²) in [5, 5.41) is 0. The fourth-order valence-corrected chi connectivity index (χ4v) is 4.86. The van der Waals surface area contributed by atoms with Gasteiger partial charge in [-0.2, -0.15) is 0 Å². The molecule has 8 nitrogen and oxygen atoms in total. The van der Waals surface area contributed by atoms with Crippen molar-refractivity contribution >= 4 is 11.2 Å². The zero-order chi connectivity index (χ0) is 24.5. The number of rotatable bonds is 6. The van der Waals surface area contributed by atoms with E-state index in [9.17, 15) is 9.59 Å². The molecule has 0 unspecified atom stereocenters. The normalized spacial score (nSPS) is 15.2. The summed E-state index contributed by atoms with van der Waals surface area (Å²) in [7, 11) is 1.65. The highest BCUT2D eigenvalue weighted by Gasteiger charge is 2.22. The summed E-state index contributed by atoms with van der Waals surface area (Å²) in [6, 6.07) is 16.9. The van der Waals surface area contributed by atoms with Crippen LogP contribution in [0.25, 0.3) is 11.2 Å². The van der Waals surface area contributed by atoms with Crippen molar-refractivity contribution in [1.29, 1.82) is 0 Å². The Balaban J connectivity index is 1.42. The summed E-state index contributed by atoms with van der Waals surface area (Å²) < 4.78 is 3.42. The van der Waals surface area contributed by atoms with Gasteiger partial charge in [0.25, 0.3) is 5.56 Å². The topological polar surface area (TPSA) is 79.2 Å². The van der Waals surface area contributed by atoms with E-state index >= 15 is 0 Å². The van der Waals surface area contributed by atoms with E-state index in [-0.39, 0.29) is 5.56 Å². The maximum atomic E-state index is 12.9. The molecule has 1 N–H and O–H groups in total. The Kier molecular flexibility index (Phi) is 6.40. The van der Waals surface area contributed by atoms with Gasteiger partial charge in [0, 0.05) is 46.3 Å². The fourth-order valence-electron chi connectivity index (χ4n) is 4.86. The van der Waals surface area contributed by atoms with Crippen molar-refractivity contribution < 1.29 is 0 Å². The summed E-state index contributed by atoms with van der Waals surface area (Å²) in [5.41, 5.74) is 4.86. The molecule has 0 atom stereocenters. The number of benzene rings is 2. The van der Waals surface area contributed by atoms with Crippen molar-refractivity contribution in [3.05, 3.63) is 97.4 Å². The van der Waals surface area contributed by atoms with Crippen LogP contribution in [0.1, 0.15) is 28.1 Å². The van der Waals surface area contributed by atoms with E-state index in [4.69, 9.17) is 4.98 Å². The fraction of sp³-hybridized carbons (Fsp3) is 0.370. The van der Waals surface area contributed by atoms with Gasteiger partial charge in [-0.15, -0.1) is 0 Å². The van der Waals surface area contributed by atoms with E-state index in [1.165, 1.54) is 21.3 Å². The number of piperazine rings is 1. The molecule has 0 aliphatic carbocycles. The molecule has 182 valence electrons. The van der Waals surface area contributed by atoms with Crippen molar-refractivity contribution in [3.8, 4) is 0 Å². The van der Waals surface area contributed by atoms with Gasteiger partial charge in [0.05, 0.1) is 6.54 Å². The SMILES string of the molecule is Cc1ccc(C)c(Cn2c(CN3CCN(Cc4ccccc4)CC3)nc3c2c(=O)[nH]c(=O)n3C)c1. The highest BCUT2D eigenvalue weighted by atomic mass is 16.2. The molecule has 0 spiro atoms. The lowest BCUT2D eigenvalue weighted by Gasteiger charge is -2.34.